The van der Waals surface area contributed by atoms with Crippen molar-refractivity contribution >= 4 is 0 Å². The summed E-state index contributed by atoms with van der Waals surface area (Å²) in [6.45, 7) is 3.66. The monoisotopic (exact) mass is 158 g/mol. The first-order chi connectivity index (χ1) is 5.33. The molecule has 2 rings (SSSR count). The smallest absolute Gasteiger partial charge is 0.112 e. The molecule has 2 aliphatic heterocycles. The van der Waals surface area contributed by atoms with Gasteiger partial charge in [0.1, 0.15) is 12.2 Å². The van der Waals surface area contributed by atoms with Gasteiger partial charge in [-0.15, -0.1) is 0 Å². The van der Waals surface area contributed by atoms with Crippen molar-refractivity contribution in [2.45, 2.75) is 25.2 Å². The van der Waals surface area contributed by atoms with Crippen LogP contribution in [0.5, 0.6) is 0 Å². The zero-order valence-electron chi connectivity index (χ0n) is 6.95. The van der Waals surface area contributed by atoms with Gasteiger partial charge in [0.05, 0.1) is 19.3 Å². The van der Waals surface area contributed by atoms with Crippen LogP contribution in [0.15, 0.2) is 0 Å². The highest BCUT2D eigenvalue weighted by Crippen LogP contribution is 2.31. The zero-order valence-corrected chi connectivity index (χ0v) is 6.95. The summed E-state index contributed by atoms with van der Waals surface area (Å²) < 4.78 is 16.3. The second-order valence-electron chi connectivity index (χ2n) is 3.35. The summed E-state index contributed by atoms with van der Waals surface area (Å²) in [4.78, 5) is 0. The first-order valence-corrected chi connectivity index (χ1v) is 4.09. The normalized spacial score (nSPS) is 49.6. The van der Waals surface area contributed by atoms with Crippen molar-refractivity contribution in [3.8, 4) is 0 Å². The van der Waals surface area contributed by atoms with E-state index in [1.54, 1.807) is 7.11 Å². The lowest BCUT2D eigenvalue weighted by atomic mass is 10.0. The predicted molar refractivity (Wildman–Crippen MR) is 39.4 cm³/mol. The van der Waals surface area contributed by atoms with Crippen LogP contribution in [0.25, 0.3) is 0 Å². The molecular formula is C8H14O3. The van der Waals surface area contributed by atoms with Gasteiger partial charge < -0.3 is 14.2 Å². The number of hydrogen-bond acceptors (Lipinski definition) is 3. The van der Waals surface area contributed by atoms with Gasteiger partial charge in [0.2, 0.25) is 0 Å². The molecule has 0 N–H and O–H groups in total. The molecule has 0 aromatic heterocycles. The predicted octanol–water partition coefficient (Wildman–Crippen LogP) is 0.435. The van der Waals surface area contributed by atoms with Gasteiger partial charge in [-0.05, 0) is 0 Å². The molecule has 2 heterocycles. The summed E-state index contributed by atoms with van der Waals surface area (Å²) >= 11 is 0. The van der Waals surface area contributed by atoms with Crippen molar-refractivity contribution in [3.63, 3.8) is 0 Å². The van der Waals surface area contributed by atoms with E-state index in [0.29, 0.717) is 12.5 Å². The zero-order chi connectivity index (χ0) is 7.84. The van der Waals surface area contributed by atoms with Crippen LogP contribution in [-0.4, -0.2) is 38.6 Å². The number of fused-ring (bicyclic) bond motifs is 1. The largest absolute Gasteiger partial charge is 0.376 e. The molecule has 0 saturated carbocycles. The van der Waals surface area contributed by atoms with Gasteiger partial charge in [0.25, 0.3) is 0 Å². The molecule has 0 aromatic carbocycles. The van der Waals surface area contributed by atoms with E-state index in [1.807, 2.05) is 0 Å². The summed E-state index contributed by atoms with van der Waals surface area (Å²) in [7, 11) is 1.71. The molecule has 64 valence electrons. The molecule has 3 nitrogen and oxygen atoms in total. The number of methoxy groups -OCH3 is 1. The van der Waals surface area contributed by atoms with E-state index in [-0.39, 0.29) is 18.3 Å². The van der Waals surface area contributed by atoms with E-state index >= 15 is 0 Å². The first kappa shape index (κ1) is 7.53. The van der Waals surface area contributed by atoms with Crippen molar-refractivity contribution < 1.29 is 14.2 Å². The third kappa shape index (κ3) is 1.08. The summed E-state index contributed by atoms with van der Waals surface area (Å²) in [5, 5.41) is 0. The maximum atomic E-state index is 5.54. The average molecular weight is 158 g/mol. The molecule has 11 heavy (non-hydrogen) atoms. The fourth-order valence-corrected chi connectivity index (χ4v) is 1.86. The molecule has 2 aliphatic rings. The molecule has 0 radical (unpaired) electrons. The average Bonchev–Trinajstić information content (AvgIpc) is 2.53. The second kappa shape index (κ2) is 2.73. The molecular weight excluding hydrogens is 144 g/mol. The minimum absolute atomic E-state index is 0.157. The Morgan fingerprint density at radius 1 is 1.18 bits per heavy atom. The Morgan fingerprint density at radius 3 is 2.64 bits per heavy atom. The molecule has 2 saturated heterocycles. The van der Waals surface area contributed by atoms with Gasteiger partial charge in [-0.2, -0.15) is 0 Å². The minimum atomic E-state index is 0.157. The highest BCUT2D eigenvalue weighted by atomic mass is 16.6. The van der Waals surface area contributed by atoms with Gasteiger partial charge in [-0.25, -0.2) is 0 Å². The summed E-state index contributed by atoms with van der Waals surface area (Å²) in [6, 6.07) is 0. The summed E-state index contributed by atoms with van der Waals surface area (Å²) in [5.41, 5.74) is 0. The van der Waals surface area contributed by atoms with Crippen LogP contribution >= 0.6 is 0 Å². The van der Waals surface area contributed by atoms with E-state index in [1.165, 1.54) is 0 Å². The Morgan fingerprint density at radius 2 is 1.91 bits per heavy atom. The second-order valence-corrected chi connectivity index (χ2v) is 3.35. The Bertz CT molecular complexity index is 148. The Balaban J connectivity index is 2.04. The number of hydrogen-bond donors (Lipinski definition) is 0. The van der Waals surface area contributed by atoms with E-state index in [9.17, 15) is 0 Å². The molecule has 0 aromatic rings. The molecule has 4 atom stereocenters. The first-order valence-electron chi connectivity index (χ1n) is 4.09. The lowest BCUT2D eigenvalue weighted by molar-refractivity contribution is -0.00878. The van der Waals surface area contributed by atoms with Crippen molar-refractivity contribution in [1.29, 1.82) is 0 Å². The van der Waals surface area contributed by atoms with E-state index in [0.717, 1.165) is 6.61 Å². The van der Waals surface area contributed by atoms with Crippen LogP contribution in [0.1, 0.15) is 6.92 Å². The Labute approximate surface area is 66.6 Å². The fourth-order valence-electron chi connectivity index (χ4n) is 1.86. The van der Waals surface area contributed by atoms with Gasteiger partial charge in [-0.1, -0.05) is 6.92 Å². The molecule has 2 fully saturated rings. The maximum absolute atomic E-state index is 5.54. The molecule has 0 bridgehead atoms. The van der Waals surface area contributed by atoms with Crippen LogP contribution < -0.4 is 0 Å². The van der Waals surface area contributed by atoms with Gasteiger partial charge in [0, 0.05) is 13.0 Å². The summed E-state index contributed by atoms with van der Waals surface area (Å²) in [5.74, 6) is 0.528. The highest BCUT2D eigenvalue weighted by molar-refractivity contribution is 4.92. The SMILES string of the molecule is COC1COC2C(C)COC12. The highest BCUT2D eigenvalue weighted by Gasteiger charge is 2.45. The van der Waals surface area contributed by atoms with Crippen molar-refractivity contribution in [1.82, 2.24) is 0 Å². The summed E-state index contributed by atoms with van der Waals surface area (Å²) in [6.07, 6.45) is 0.625. The van der Waals surface area contributed by atoms with Crippen LogP contribution in [0.2, 0.25) is 0 Å². The molecule has 4 unspecified atom stereocenters. The standard InChI is InChI=1S/C8H14O3/c1-5-3-10-8-6(9-2)4-11-7(5)8/h5-8H,3-4H2,1-2H3. The number of ether oxygens (including phenoxy) is 3. The Kier molecular flexibility index (Phi) is 1.87. The van der Waals surface area contributed by atoms with Crippen molar-refractivity contribution in [2.24, 2.45) is 5.92 Å². The molecule has 3 heteroatoms. The van der Waals surface area contributed by atoms with Crippen LogP contribution in [0, 0.1) is 5.92 Å². The molecule has 0 amide bonds. The third-order valence-electron chi connectivity index (χ3n) is 2.56. The molecule has 0 aliphatic carbocycles. The van der Waals surface area contributed by atoms with Crippen LogP contribution in [0.4, 0.5) is 0 Å². The van der Waals surface area contributed by atoms with Crippen molar-refractivity contribution in [3.05, 3.63) is 0 Å². The molecule has 0 spiro atoms. The van der Waals surface area contributed by atoms with E-state index in [4.69, 9.17) is 14.2 Å². The third-order valence-corrected chi connectivity index (χ3v) is 2.56. The van der Waals surface area contributed by atoms with E-state index < -0.39 is 0 Å². The van der Waals surface area contributed by atoms with Gasteiger partial charge in [0.15, 0.2) is 0 Å². The maximum Gasteiger partial charge on any atom is 0.112 e. The number of rotatable bonds is 1. The quantitative estimate of drug-likeness (QED) is 0.554. The fraction of sp³-hybridized carbons (Fsp3) is 1.00. The lowest BCUT2D eigenvalue weighted by Crippen LogP contribution is -2.29. The lowest BCUT2D eigenvalue weighted by Gasteiger charge is -2.13. The van der Waals surface area contributed by atoms with Gasteiger partial charge in [-0.3, -0.25) is 0 Å². The van der Waals surface area contributed by atoms with Crippen LogP contribution in [0.3, 0.4) is 0 Å². The van der Waals surface area contributed by atoms with Gasteiger partial charge >= 0.3 is 0 Å². The Hall–Kier alpha value is -0.120. The minimum Gasteiger partial charge on any atom is -0.376 e. The topological polar surface area (TPSA) is 27.7 Å². The van der Waals surface area contributed by atoms with E-state index in [2.05, 4.69) is 6.92 Å². The van der Waals surface area contributed by atoms with Crippen molar-refractivity contribution in [2.75, 3.05) is 20.3 Å². The van der Waals surface area contributed by atoms with Crippen LogP contribution in [-0.2, 0) is 14.2 Å².